The van der Waals surface area contributed by atoms with E-state index in [1.807, 2.05) is 25.1 Å². The molecule has 3 nitrogen and oxygen atoms in total. The summed E-state index contributed by atoms with van der Waals surface area (Å²) in [5.74, 6) is 0.779. The van der Waals surface area contributed by atoms with Gasteiger partial charge in [0, 0.05) is 18.7 Å². The molecule has 0 amide bonds. The largest absolute Gasteiger partial charge is 0.519 e. The Morgan fingerprint density at radius 1 is 1.36 bits per heavy atom. The minimum Gasteiger partial charge on any atom is -0.497 e. The van der Waals surface area contributed by atoms with Crippen molar-refractivity contribution >= 4 is 0 Å². The van der Waals surface area contributed by atoms with Gasteiger partial charge in [0.25, 0.3) is 0 Å². The molecule has 0 unspecified atom stereocenters. The van der Waals surface area contributed by atoms with E-state index in [1.165, 1.54) is 0 Å². The molecule has 0 aliphatic rings. The number of rotatable bonds is 4. The maximum atomic E-state index is 9.28. The molecular formula is C10H14IO3+. The Hall–Kier alpha value is -0.330. The van der Waals surface area contributed by atoms with Gasteiger partial charge in [-0.1, -0.05) is 0 Å². The summed E-state index contributed by atoms with van der Waals surface area (Å²) in [5.41, 5.74) is 1.05. The highest BCUT2D eigenvalue weighted by molar-refractivity contribution is 5.27. The Bertz CT molecular complexity index is 301. The Balaban J connectivity index is 3.04. The summed E-state index contributed by atoms with van der Waals surface area (Å²) in [6.45, 7) is 1.96. The van der Waals surface area contributed by atoms with E-state index in [0.717, 1.165) is 14.9 Å². The van der Waals surface area contributed by atoms with Crippen LogP contribution in [0.2, 0.25) is 0 Å². The van der Waals surface area contributed by atoms with Gasteiger partial charge in [0.05, 0.1) is 13.2 Å². The van der Waals surface area contributed by atoms with Crippen molar-refractivity contribution in [2.75, 3.05) is 14.2 Å². The summed E-state index contributed by atoms with van der Waals surface area (Å²) >= 11 is -0.935. The molecule has 1 aromatic carbocycles. The van der Waals surface area contributed by atoms with Gasteiger partial charge in [-0.05, 0) is 19.1 Å². The third kappa shape index (κ3) is 2.59. The second kappa shape index (κ2) is 5.53. The van der Waals surface area contributed by atoms with E-state index in [9.17, 15) is 3.44 Å². The van der Waals surface area contributed by atoms with Gasteiger partial charge in [-0.3, -0.25) is 0 Å². The van der Waals surface area contributed by atoms with Crippen molar-refractivity contribution in [3.8, 4) is 5.75 Å². The topological polar surface area (TPSA) is 38.7 Å². The Morgan fingerprint density at radius 2 is 2.07 bits per heavy atom. The Labute approximate surface area is 94.8 Å². The molecule has 0 spiro atoms. The molecular weight excluding hydrogens is 295 g/mol. The van der Waals surface area contributed by atoms with Crippen LogP contribution in [0.15, 0.2) is 18.2 Å². The molecule has 1 N–H and O–H groups in total. The number of ether oxygens (including phenoxy) is 2. The predicted molar refractivity (Wildman–Crippen MR) is 49.3 cm³/mol. The van der Waals surface area contributed by atoms with Gasteiger partial charge in [0.1, 0.15) is 5.75 Å². The average molecular weight is 309 g/mol. The quantitative estimate of drug-likeness (QED) is 0.693. The highest BCUT2D eigenvalue weighted by Crippen LogP contribution is 2.19. The van der Waals surface area contributed by atoms with Crippen LogP contribution in [-0.4, -0.2) is 17.7 Å². The zero-order valence-corrected chi connectivity index (χ0v) is 10.6. The first-order chi connectivity index (χ1) is 6.72. The first kappa shape index (κ1) is 11.7. The number of methoxy groups -OCH3 is 2. The van der Waals surface area contributed by atoms with Crippen LogP contribution in [-0.2, 0) is 4.74 Å². The van der Waals surface area contributed by atoms with Crippen molar-refractivity contribution in [2.24, 2.45) is 0 Å². The van der Waals surface area contributed by atoms with Crippen LogP contribution >= 0.6 is 0 Å². The smallest absolute Gasteiger partial charge is 0.497 e. The SMILES string of the molecule is COc1ccc([C@H](C)OC)c([I+]O)c1. The second-order valence-electron chi connectivity index (χ2n) is 2.85. The molecule has 4 heteroatoms. The van der Waals surface area contributed by atoms with Gasteiger partial charge < -0.3 is 9.47 Å². The average Bonchev–Trinajstić information content (AvgIpc) is 2.27. The van der Waals surface area contributed by atoms with Crippen LogP contribution < -0.4 is 26.4 Å². The molecule has 0 bridgehead atoms. The molecule has 0 aromatic heterocycles. The zero-order valence-electron chi connectivity index (χ0n) is 8.45. The normalized spacial score (nSPS) is 12.6. The molecule has 0 heterocycles. The fraction of sp³-hybridized carbons (Fsp3) is 0.400. The third-order valence-electron chi connectivity index (χ3n) is 2.09. The van der Waals surface area contributed by atoms with E-state index >= 15 is 0 Å². The van der Waals surface area contributed by atoms with E-state index in [-0.39, 0.29) is 6.10 Å². The molecule has 0 aliphatic heterocycles. The van der Waals surface area contributed by atoms with E-state index < -0.39 is 21.6 Å². The van der Waals surface area contributed by atoms with E-state index in [4.69, 9.17) is 9.47 Å². The first-order valence-corrected chi connectivity index (χ1v) is 6.26. The minimum atomic E-state index is -0.935. The lowest BCUT2D eigenvalue weighted by Crippen LogP contribution is -3.61. The zero-order chi connectivity index (χ0) is 10.6. The molecule has 14 heavy (non-hydrogen) atoms. The molecule has 1 aromatic rings. The monoisotopic (exact) mass is 309 g/mol. The fourth-order valence-electron chi connectivity index (χ4n) is 1.16. The molecule has 78 valence electrons. The lowest BCUT2D eigenvalue weighted by Gasteiger charge is -2.09. The second-order valence-corrected chi connectivity index (χ2v) is 4.49. The highest BCUT2D eigenvalue weighted by Gasteiger charge is 2.21. The summed E-state index contributed by atoms with van der Waals surface area (Å²) in [5, 5.41) is 0. The van der Waals surface area contributed by atoms with Gasteiger partial charge in [-0.2, -0.15) is 3.44 Å². The number of halogens is 1. The molecule has 0 fully saturated rings. The van der Waals surface area contributed by atoms with Crippen molar-refractivity contribution < 1.29 is 34.5 Å². The molecule has 0 radical (unpaired) electrons. The van der Waals surface area contributed by atoms with Crippen LogP contribution in [0.5, 0.6) is 5.75 Å². The van der Waals surface area contributed by atoms with Gasteiger partial charge >= 0.3 is 21.6 Å². The van der Waals surface area contributed by atoms with Gasteiger partial charge in [0.15, 0.2) is 0 Å². The van der Waals surface area contributed by atoms with Crippen molar-refractivity contribution in [1.29, 1.82) is 0 Å². The molecule has 0 saturated heterocycles. The maximum absolute atomic E-state index is 9.28. The van der Waals surface area contributed by atoms with Crippen molar-refractivity contribution in [3.63, 3.8) is 0 Å². The Kier molecular flexibility index (Phi) is 4.64. The summed E-state index contributed by atoms with van der Waals surface area (Å²) < 4.78 is 20.5. The third-order valence-corrected chi connectivity index (χ3v) is 3.54. The van der Waals surface area contributed by atoms with Gasteiger partial charge in [0.2, 0.25) is 3.57 Å². The molecule has 1 rings (SSSR count). The highest BCUT2D eigenvalue weighted by atomic mass is 127. The molecule has 0 aliphatic carbocycles. The summed E-state index contributed by atoms with van der Waals surface area (Å²) in [7, 11) is 3.28. The van der Waals surface area contributed by atoms with Crippen molar-refractivity contribution in [1.82, 2.24) is 0 Å². The maximum Gasteiger partial charge on any atom is 0.519 e. The lowest BCUT2D eigenvalue weighted by atomic mass is 10.1. The molecule has 1 atom stereocenters. The lowest BCUT2D eigenvalue weighted by molar-refractivity contribution is -0.867. The number of hydrogen-bond donors (Lipinski definition) is 1. The summed E-state index contributed by atoms with van der Waals surface area (Å²) in [4.78, 5) is 0. The van der Waals surface area contributed by atoms with E-state index in [2.05, 4.69) is 0 Å². The molecule has 0 saturated carbocycles. The van der Waals surface area contributed by atoms with E-state index in [0.29, 0.717) is 0 Å². The minimum absolute atomic E-state index is 0.0164. The number of benzene rings is 1. The first-order valence-electron chi connectivity index (χ1n) is 4.22. The van der Waals surface area contributed by atoms with E-state index in [1.54, 1.807) is 14.2 Å². The van der Waals surface area contributed by atoms with Crippen LogP contribution in [0.25, 0.3) is 0 Å². The van der Waals surface area contributed by atoms with Gasteiger partial charge in [-0.15, -0.1) is 0 Å². The van der Waals surface area contributed by atoms with Gasteiger partial charge in [-0.25, -0.2) is 0 Å². The van der Waals surface area contributed by atoms with Crippen LogP contribution in [0.1, 0.15) is 18.6 Å². The number of hydrogen-bond acceptors (Lipinski definition) is 3. The fourth-order valence-corrected chi connectivity index (χ4v) is 2.51. The predicted octanol–water partition coefficient (Wildman–Crippen LogP) is -1.43. The standard InChI is InChI=1S/C10H14IO3/c1-7(13-2)9-5-4-8(14-3)6-10(9)11-12/h4-7,12H,1-3H3/q+1/t7-/m0/s1. The summed E-state index contributed by atoms with van der Waals surface area (Å²) in [6, 6.07) is 5.70. The summed E-state index contributed by atoms with van der Waals surface area (Å²) in [6.07, 6.45) is 0.0164. The Morgan fingerprint density at radius 3 is 2.57 bits per heavy atom. The van der Waals surface area contributed by atoms with Crippen molar-refractivity contribution in [3.05, 3.63) is 27.3 Å². The van der Waals surface area contributed by atoms with Crippen molar-refractivity contribution in [2.45, 2.75) is 13.0 Å². The van der Waals surface area contributed by atoms with Crippen LogP contribution in [0.3, 0.4) is 0 Å². The van der Waals surface area contributed by atoms with Crippen LogP contribution in [0.4, 0.5) is 0 Å². The van der Waals surface area contributed by atoms with Crippen LogP contribution in [0, 0.1) is 3.57 Å².